The third kappa shape index (κ3) is 2.96. The van der Waals surface area contributed by atoms with E-state index in [4.69, 9.17) is 0 Å². The SMILES string of the molecule is Cn1c(O)c(N=NC(=O)Cc2ccc(F)cc2)c2ccccc21. The molecule has 3 rings (SSSR count). The molecule has 0 bridgehead atoms. The Labute approximate surface area is 131 Å². The lowest BCUT2D eigenvalue weighted by atomic mass is 10.1. The van der Waals surface area contributed by atoms with Crippen molar-refractivity contribution in [1.29, 1.82) is 0 Å². The van der Waals surface area contributed by atoms with Gasteiger partial charge in [0.05, 0.1) is 11.9 Å². The van der Waals surface area contributed by atoms with Crippen LogP contribution in [0.25, 0.3) is 10.9 Å². The van der Waals surface area contributed by atoms with Crippen molar-refractivity contribution in [2.45, 2.75) is 6.42 Å². The minimum atomic E-state index is -0.469. The van der Waals surface area contributed by atoms with E-state index in [1.54, 1.807) is 17.7 Å². The van der Waals surface area contributed by atoms with Crippen LogP contribution in [0, 0.1) is 5.82 Å². The van der Waals surface area contributed by atoms with E-state index in [2.05, 4.69) is 10.2 Å². The van der Waals surface area contributed by atoms with Gasteiger partial charge < -0.3 is 9.67 Å². The number of azo groups is 1. The Morgan fingerprint density at radius 3 is 2.61 bits per heavy atom. The highest BCUT2D eigenvalue weighted by molar-refractivity contribution is 5.95. The van der Waals surface area contributed by atoms with Gasteiger partial charge in [0, 0.05) is 12.4 Å². The Bertz CT molecular complexity index is 898. The number of hydrogen-bond acceptors (Lipinski definition) is 3. The van der Waals surface area contributed by atoms with Crippen molar-refractivity contribution in [1.82, 2.24) is 4.57 Å². The average Bonchev–Trinajstić information content (AvgIpc) is 2.80. The topological polar surface area (TPSA) is 66.9 Å². The van der Waals surface area contributed by atoms with Gasteiger partial charge in [-0.3, -0.25) is 4.79 Å². The smallest absolute Gasteiger partial charge is 0.269 e. The normalized spacial score (nSPS) is 11.4. The Morgan fingerprint density at radius 1 is 1.17 bits per heavy atom. The lowest BCUT2D eigenvalue weighted by Crippen LogP contribution is -1.97. The van der Waals surface area contributed by atoms with Crippen LogP contribution in [0.5, 0.6) is 5.88 Å². The van der Waals surface area contributed by atoms with Crippen LogP contribution in [0.3, 0.4) is 0 Å². The first-order valence-electron chi connectivity index (χ1n) is 7.01. The van der Waals surface area contributed by atoms with E-state index in [9.17, 15) is 14.3 Å². The van der Waals surface area contributed by atoms with Crippen molar-refractivity contribution in [2.75, 3.05) is 0 Å². The number of para-hydroxylation sites is 1. The number of amides is 1. The number of aryl methyl sites for hydroxylation is 1. The van der Waals surface area contributed by atoms with Crippen molar-refractivity contribution in [3.63, 3.8) is 0 Å². The molecule has 1 amide bonds. The van der Waals surface area contributed by atoms with Crippen LogP contribution >= 0.6 is 0 Å². The summed E-state index contributed by atoms with van der Waals surface area (Å²) in [5.74, 6) is -0.878. The molecule has 1 N–H and O–H groups in total. The van der Waals surface area contributed by atoms with Gasteiger partial charge in [0.1, 0.15) is 5.82 Å². The summed E-state index contributed by atoms with van der Waals surface area (Å²) in [6.07, 6.45) is 0.0231. The van der Waals surface area contributed by atoms with Crippen LogP contribution < -0.4 is 0 Å². The third-order valence-electron chi connectivity index (χ3n) is 3.58. The number of carbonyl (C=O) groups excluding carboxylic acids is 1. The van der Waals surface area contributed by atoms with E-state index < -0.39 is 5.91 Å². The molecule has 0 aliphatic carbocycles. The van der Waals surface area contributed by atoms with Crippen LogP contribution in [-0.2, 0) is 18.3 Å². The zero-order valence-electron chi connectivity index (χ0n) is 12.4. The number of hydrogen-bond donors (Lipinski definition) is 1. The Hall–Kier alpha value is -3.02. The van der Waals surface area contributed by atoms with Crippen LogP contribution in [-0.4, -0.2) is 15.6 Å². The van der Waals surface area contributed by atoms with Crippen molar-refractivity contribution in [3.05, 3.63) is 59.9 Å². The van der Waals surface area contributed by atoms with Gasteiger partial charge in [0.2, 0.25) is 5.88 Å². The van der Waals surface area contributed by atoms with E-state index in [-0.39, 0.29) is 23.8 Å². The molecule has 2 aromatic carbocycles. The summed E-state index contributed by atoms with van der Waals surface area (Å²) < 4.78 is 14.4. The lowest BCUT2D eigenvalue weighted by molar-refractivity contribution is -0.117. The quantitative estimate of drug-likeness (QED) is 0.746. The summed E-state index contributed by atoms with van der Waals surface area (Å²) in [6.45, 7) is 0. The first-order chi connectivity index (χ1) is 11.1. The molecule has 1 heterocycles. The molecule has 0 saturated heterocycles. The van der Waals surface area contributed by atoms with Gasteiger partial charge >= 0.3 is 0 Å². The highest BCUT2D eigenvalue weighted by Gasteiger charge is 2.14. The fraction of sp³-hybridized carbons (Fsp3) is 0.118. The zero-order chi connectivity index (χ0) is 16.4. The van der Waals surface area contributed by atoms with Crippen molar-refractivity contribution >= 4 is 22.5 Å². The van der Waals surface area contributed by atoms with Gasteiger partial charge in [0.25, 0.3) is 5.91 Å². The van der Waals surface area contributed by atoms with E-state index in [1.807, 2.05) is 18.2 Å². The first kappa shape index (κ1) is 14.9. The largest absolute Gasteiger partial charge is 0.493 e. The lowest BCUT2D eigenvalue weighted by Gasteiger charge is -1.97. The third-order valence-corrected chi connectivity index (χ3v) is 3.58. The number of rotatable bonds is 3. The molecule has 1 aromatic heterocycles. The maximum atomic E-state index is 12.8. The summed E-state index contributed by atoms with van der Waals surface area (Å²) in [6, 6.07) is 12.9. The fourth-order valence-corrected chi connectivity index (χ4v) is 2.38. The second-order valence-corrected chi connectivity index (χ2v) is 5.15. The number of aromatic hydroxyl groups is 1. The van der Waals surface area contributed by atoms with Crippen LogP contribution in [0.1, 0.15) is 5.56 Å². The van der Waals surface area contributed by atoms with Crippen molar-refractivity contribution in [3.8, 4) is 5.88 Å². The van der Waals surface area contributed by atoms with Gasteiger partial charge in [-0.05, 0) is 23.8 Å². The van der Waals surface area contributed by atoms with Crippen LogP contribution in [0.15, 0.2) is 58.8 Å². The number of nitrogens with zero attached hydrogens (tertiary/aromatic N) is 3. The molecule has 5 nitrogen and oxygen atoms in total. The molecular formula is C17H14FN3O2. The highest BCUT2D eigenvalue weighted by Crippen LogP contribution is 2.37. The van der Waals surface area contributed by atoms with E-state index in [0.717, 1.165) is 5.52 Å². The molecule has 0 aliphatic heterocycles. The first-order valence-corrected chi connectivity index (χ1v) is 7.01. The molecule has 0 fully saturated rings. The van der Waals surface area contributed by atoms with Crippen molar-refractivity contribution in [2.24, 2.45) is 17.3 Å². The van der Waals surface area contributed by atoms with E-state index in [1.165, 1.54) is 24.3 Å². The van der Waals surface area contributed by atoms with Gasteiger partial charge in [-0.15, -0.1) is 10.2 Å². The van der Waals surface area contributed by atoms with Crippen molar-refractivity contribution < 1.29 is 14.3 Å². The molecule has 0 unspecified atom stereocenters. The van der Waals surface area contributed by atoms with Gasteiger partial charge in [-0.2, -0.15) is 0 Å². The zero-order valence-corrected chi connectivity index (χ0v) is 12.4. The Balaban J connectivity index is 1.84. The maximum Gasteiger partial charge on any atom is 0.269 e. The summed E-state index contributed by atoms with van der Waals surface area (Å²) in [4.78, 5) is 11.9. The predicted molar refractivity (Wildman–Crippen MR) is 84.2 cm³/mol. The molecule has 0 spiro atoms. The van der Waals surface area contributed by atoms with Gasteiger partial charge in [-0.1, -0.05) is 30.3 Å². The molecule has 0 aliphatic rings. The highest BCUT2D eigenvalue weighted by atomic mass is 19.1. The minimum Gasteiger partial charge on any atom is -0.493 e. The standard InChI is InChI=1S/C17H14FN3O2/c1-21-14-5-3-2-4-13(14)16(17(21)23)20-19-15(22)10-11-6-8-12(18)9-7-11/h2-9,23H,10H2,1H3. The molecule has 6 heteroatoms. The molecule has 0 radical (unpaired) electrons. The molecule has 0 atom stereocenters. The second kappa shape index (κ2) is 6.00. The number of fused-ring (bicyclic) bond motifs is 1. The number of aromatic nitrogens is 1. The van der Waals surface area contributed by atoms with E-state index in [0.29, 0.717) is 10.9 Å². The molecule has 116 valence electrons. The fourth-order valence-electron chi connectivity index (χ4n) is 2.38. The van der Waals surface area contributed by atoms with Crippen LogP contribution in [0.2, 0.25) is 0 Å². The second-order valence-electron chi connectivity index (χ2n) is 5.15. The van der Waals surface area contributed by atoms with Crippen LogP contribution in [0.4, 0.5) is 10.1 Å². The Kier molecular flexibility index (Phi) is 3.89. The monoisotopic (exact) mass is 311 g/mol. The number of benzene rings is 2. The molecule has 3 aromatic rings. The van der Waals surface area contributed by atoms with Gasteiger partial charge in [-0.25, -0.2) is 4.39 Å². The summed E-state index contributed by atoms with van der Waals surface area (Å²) in [7, 11) is 1.71. The minimum absolute atomic E-state index is 0.0231. The Morgan fingerprint density at radius 2 is 1.87 bits per heavy atom. The predicted octanol–water partition coefficient (Wildman–Crippen LogP) is 3.88. The number of carbonyl (C=O) groups is 1. The average molecular weight is 311 g/mol. The number of halogens is 1. The molecule has 0 saturated carbocycles. The van der Waals surface area contributed by atoms with Gasteiger partial charge in [0.15, 0.2) is 5.69 Å². The molecule has 23 heavy (non-hydrogen) atoms. The summed E-state index contributed by atoms with van der Waals surface area (Å²) in [5.41, 5.74) is 1.71. The maximum absolute atomic E-state index is 12.8. The van der Waals surface area contributed by atoms with E-state index >= 15 is 0 Å². The summed E-state index contributed by atoms with van der Waals surface area (Å²) >= 11 is 0. The summed E-state index contributed by atoms with van der Waals surface area (Å²) in [5, 5.41) is 18.4. The molecular weight excluding hydrogens is 297 g/mol.